The molecular weight excluding hydrogens is 130 g/mol. The second-order valence-corrected chi connectivity index (χ2v) is 2.39. The highest BCUT2D eigenvalue weighted by Gasteiger charge is 2.11. The molecule has 1 N–H and O–H groups in total. The maximum Gasteiger partial charge on any atom is 0.131 e. The van der Waals surface area contributed by atoms with Gasteiger partial charge in [0.1, 0.15) is 6.23 Å². The van der Waals surface area contributed by atoms with Gasteiger partial charge in [-0.1, -0.05) is 6.92 Å². The minimum absolute atomic E-state index is 0.133. The normalized spacial score (nSPS) is 26.7. The Morgan fingerprint density at radius 1 is 1.50 bits per heavy atom. The summed E-state index contributed by atoms with van der Waals surface area (Å²) in [7, 11) is 0. The molecule has 60 valence electrons. The first-order valence-corrected chi connectivity index (χ1v) is 3.86. The summed E-state index contributed by atoms with van der Waals surface area (Å²) in [6.45, 7) is 5.30. The predicted octanol–water partition coefficient (Wildman–Crippen LogP) is 0.359. The van der Waals surface area contributed by atoms with E-state index in [9.17, 15) is 0 Å². The van der Waals surface area contributed by atoms with Gasteiger partial charge < -0.3 is 9.47 Å². The highest BCUT2D eigenvalue weighted by molar-refractivity contribution is 4.57. The van der Waals surface area contributed by atoms with Crippen LogP contribution in [0.15, 0.2) is 0 Å². The molecule has 1 aliphatic rings. The lowest BCUT2D eigenvalue weighted by Gasteiger charge is -2.23. The van der Waals surface area contributed by atoms with E-state index in [1.54, 1.807) is 0 Å². The van der Waals surface area contributed by atoms with Crippen molar-refractivity contribution in [2.45, 2.75) is 19.6 Å². The van der Waals surface area contributed by atoms with Gasteiger partial charge in [0, 0.05) is 0 Å². The minimum Gasteiger partial charge on any atom is -0.375 e. The van der Waals surface area contributed by atoms with Gasteiger partial charge in [-0.3, -0.25) is 5.32 Å². The van der Waals surface area contributed by atoms with Crippen LogP contribution >= 0.6 is 0 Å². The van der Waals surface area contributed by atoms with Crippen LogP contribution in [-0.4, -0.2) is 32.6 Å². The van der Waals surface area contributed by atoms with Gasteiger partial charge in [-0.05, 0) is 13.0 Å². The Bertz CT molecular complexity index is 81.7. The summed E-state index contributed by atoms with van der Waals surface area (Å²) in [5.41, 5.74) is 0. The van der Waals surface area contributed by atoms with Crippen molar-refractivity contribution in [1.82, 2.24) is 5.32 Å². The summed E-state index contributed by atoms with van der Waals surface area (Å²) in [5, 5.41) is 3.22. The average Bonchev–Trinajstić information content (AvgIpc) is 2.03. The van der Waals surface area contributed by atoms with E-state index in [1.807, 2.05) is 0 Å². The van der Waals surface area contributed by atoms with Gasteiger partial charge in [0.25, 0.3) is 0 Å². The SMILES string of the molecule is CCCNC1COCCO1. The Labute approximate surface area is 61.7 Å². The van der Waals surface area contributed by atoms with Crippen molar-refractivity contribution in [2.24, 2.45) is 0 Å². The van der Waals surface area contributed by atoms with Crippen molar-refractivity contribution in [2.75, 3.05) is 26.4 Å². The van der Waals surface area contributed by atoms with Crippen LogP contribution in [-0.2, 0) is 9.47 Å². The molecule has 0 aromatic heterocycles. The number of hydrogen-bond acceptors (Lipinski definition) is 3. The standard InChI is InChI=1S/C7H15NO2/c1-2-3-8-7-6-9-4-5-10-7/h7-8H,2-6H2,1H3. The molecule has 1 saturated heterocycles. The molecule has 0 amide bonds. The molecule has 0 saturated carbocycles. The Hall–Kier alpha value is -0.120. The third-order valence-electron chi connectivity index (χ3n) is 1.44. The lowest BCUT2D eigenvalue weighted by atomic mass is 10.4. The van der Waals surface area contributed by atoms with Crippen LogP contribution in [0.2, 0.25) is 0 Å². The third-order valence-corrected chi connectivity index (χ3v) is 1.44. The van der Waals surface area contributed by atoms with E-state index in [1.165, 1.54) is 0 Å². The zero-order chi connectivity index (χ0) is 7.23. The first-order chi connectivity index (χ1) is 4.93. The van der Waals surface area contributed by atoms with Gasteiger partial charge in [-0.25, -0.2) is 0 Å². The van der Waals surface area contributed by atoms with Crippen LogP contribution in [0, 0.1) is 0 Å². The molecule has 0 radical (unpaired) electrons. The average molecular weight is 145 g/mol. The van der Waals surface area contributed by atoms with Gasteiger partial charge in [0.05, 0.1) is 19.8 Å². The van der Waals surface area contributed by atoms with Crippen molar-refractivity contribution in [3.05, 3.63) is 0 Å². The molecule has 0 aromatic rings. The van der Waals surface area contributed by atoms with Crippen molar-refractivity contribution in [1.29, 1.82) is 0 Å². The lowest BCUT2D eigenvalue weighted by Crippen LogP contribution is -2.40. The first-order valence-electron chi connectivity index (χ1n) is 3.86. The molecule has 0 aliphatic carbocycles. The zero-order valence-electron chi connectivity index (χ0n) is 6.43. The van der Waals surface area contributed by atoms with E-state index < -0.39 is 0 Å². The van der Waals surface area contributed by atoms with Crippen molar-refractivity contribution < 1.29 is 9.47 Å². The summed E-state index contributed by atoms with van der Waals surface area (Å²) in [5.74, 6) is 0. The molecule has 3 heteroatoms. The number of hydrogen-bond donors (Lipinski definition) is 1. The molecule has 10 heavy (non-hydrogen) atoms. The highest BCUT2D eigenvalue weighted by atomic mass is 16.6. The first kappa shape index (κ1) is 7.98. The quantitative estimate of drug-likeness (QED) is 0.622. The predicted molar refractivity (Wildman–Crippen MR) is 38.9 cm³/mol. The molecular formula is C7H15NO2. The van der Waals surface area contributed by atoms with E-state index in [0.717, 1.165) is 26.2 Å². The third kappa shape index (κ3) is 2.64. The van der Waals surface area contributed by atoms with Crippen LogP contribution in [0.3, 0.4) is 0 Å². The summed E-state index contributed by atoms with van der Waals surface area (Å²) in [4.78, 5) is 0. The zero-order valence-corrected chi connectivity index (χ0v) is 6.43. The summed E-state index contributed by atoms with van der Waals surface area (Å²) < 4.78 is 10.5. The van der Waals surface area contributed by atoms with Crippen molar-refractivity contribution in [3.8, 4) is 0 Å². The Morgan fingerprint density at radius 2 is 2.40 bits per heavy atom. The fraction of sp³-hybridized carbons (Fsp3) is 1.00. The Balaban J connectivity index is 2.02. The van der Waals surface area contributed by atoms with Gasteiger partial charge in [0.2, 0.25) is 0 Å². The van der Waals surface area contributed by atoms with Gasteiger partial charge in [-0.15, -0.1) is 0 Å². The fourth-order valence-corrected chi connectivity index (χ4v) is 0.911. The molecule has 1 rings (SSSR count). The maximum absolute atomic E-state index is 5.34. The summed E-state index contributed by atoms with van der Waals surface area (Å²) in [6.07, 6.45) is 1.27. The van der Waals surface area contributed by atoms with E-state index in [0.29, 0.717) is 6.61 Å². The largest absolute Gasteiger partial charge is 0.375 e. The second kappa shape index (κ2) is 4.66. The number of rotatable bonds is 3. The van der Waals surface area contributed by atoms with Gasteiger partial charge >= 0.3 is 0 Å². The molecule has 3 nitrogen and oxygen atoms in total. The number of ether oxygens (including phenoxy) is 2. The molecule has 1 unspecified atom stereocenters. The van der Waals surface area contributed by atoms with Crippen molar-refractivity contribution in [3.63, 3.8) is 0 Å². The van der Waals surface area contributed by atoms with Crippen LogP contribution < -0.4 is 5.32 Å². The Morgan fingerprint density at radius 3 is 3.00 bits per heavy atom. The summed E-state index contributed by atoms with van der Waals surface area (Å²) in [6, 6.07) is 0. The Kier molecular flexibility index (Phi) is 3.72. The molecule has 0 bridgehead atoms. The van der Waals surface area contributed by atoms with E-state index in [-0.39, 0.29) is 6.23 Å². The molecule has 1 aliphatic heterocycles. The lowest BCUT2D eigenvalue weighted by molar-refractivity contribution is -0.101. The molecule has 1 atom stereocenters. The molecule has 0 spiro atoms. The highest BCUT2D eigenvalue weighted by Crippen LogP contribution is 1.96. The van der Waals surface area contributed by atoms with E-state index in [2.05, 4.69) is 12.2 Å². The molecule has 0 aromatic carbocycles. The van der Waals surface area contributed by atoms with Crippen molar-refractivity contribution >= 4 is 0 Å². The van der Waals surface area contributed by atoms with E-state index in [4.69, 9.17) is 9.47 Å². The van der Waals surface area contributed by atoms with E-state index >= 15 is 0 Å². The van der Waals surface area contributed by atoms with Crippen LogP contribution in [0.5, 0.6) is 0 Å². The monoisotopic (exact) mass is 145 g/mol. The van der Waals surface area contributed by atoms with Gasteiger partial charge in [-0.2, -0.15) is 0 Å². The maximum atomic E-state index is 5.34. The number of nitrogens with one attached hydrogen (secondary N) is 1. The van der Waals surface area contributed by atoms with Crippen LogP contribution in [0.1, 0.15) is 13.3 Å². The van der Waals surface area contributed by atoms with Gasteiger partial charge in [0.15, 0.2) is 0 Å². The minimum atomic E-state index is 0.133. The molecule has 1 fully saturated rings. The second-order valence-electron chi connectivity index (χ2n) is 2.39. The fourth-order valence-electron chi connectivity index (χ4n) is 0.911. The van der Waals surface area contributed by atoms with Crippen LogP contribution in [0.25, 0.3) is 0 Å². The topological polar surface area (TPSA) is 30.5 Å². The molecule has 1 heterocycles. The van der Waals surface area contributed by atoms with Crippen LogP contribution in [0.4, 0.5) is 0 Å². The smallest absolute Gasteiger partial charge is 0.131 e. The summed E-state index contributed by atoms with van der Waals surface area (Å²) >= 11 is 0.